The average Bonchev–Trinajstić information content (AvgIpc) is 3.13. The minimum Gasteiger partial charge on any atom is -0.461 e. The van der Waals surface area contributed by atoms with E-state index < -0.39 is 17.2 Å². The zero-order chi connectivity index (χ0) is 25.1. The summed E-state index contributed by atoms with van der Waals surface area (Å²) < 4.78 is 12.0. The number of carbonyl (C=O) groups is 3. The van der Waals surface area contributed by atoms with Crippen LogP contribution in [0, 0.1) is 0 Å². The molecule has 35 heavy (non-hydrogen) atoms. The molecule has 8 heteroatoms. The van der Waals surface area contributed by atoms with E-state index in [4.69, 9.17) is 15.2 Å². The zero-order valence-electron chi connectivity index (χ0n) is 19.7. The first-order chi connectivity index (χ1) is 16.8. The number of nitrogen functional groups attached to an aromatic ring is 1. The Balaban J connectivity index is 2.10. The van der Waals surface area contributed by atoms with Gasteiger partial charge in [0.2, 0.25) is 5.91 Å². The second-order valence-electron chi connectivity index (χ2n) is 8.17. The molecule has 1 aliphatic heterocycles. The van der Waals surface area contributed by atoms with E-state index in [2.05, 4.69) is 0 Å². The van der Waals surface area contributed by atoms with Gasteiger partial charge in [0.05, 0.1) is 23.7 Å². The first kappa shape index (κ1) is 24.3. The maximum absolute atomic E-state index is 13.9. The van der Waals surface area contributed by atoms with Crippen molar-refractivity contribution in [2.45, 2.75) is 32.1 Å². The van der Waals surface area contributed by atoms with Crippen LogP contribution >= 0.6 is 11.8 Å². The van der Waals surface area contributed by atoms with Gasteiger partial charge < -0.3 is 15.2 Å². The molecule has 0 aliphatic carbocycles. The van der Waals surface area contributed by atoms with Crippen molar-refractivity contribution in [2.75, 3.05) is 12.3 Å². The number of hydrogen-bond donors (Lipinski definition) is 1. The lowest BCUT2D eigenvalue weighted by atomic mass is 10.1. The van der Waals surface area contributed by atoms with Crippen LogP contribution in [-0.4, -0.2) is 35.1 Å². The lowest BCUT2D eigenvalue weighted by molar-refractivity contribution is -0.139. The number of nitrogens with zero attached hydrogens (tertiary/aromatic N) is 1. The van der Waals surface area contributed by atoms with Gasteiger partial charge in [-0.3, -0.25) is 9.36 Å². The van der Waals surface area contributed by atoms with E-state index >= 15 is 0 Å². The predicted molar refractivity (Wildman–Crippen MR) is 136 cm³/mol. The Morgan fingerprint density at radius 3 is 2.29 bits per heavy atom. The minimum atomic E-state index is -0.775. The first-order valence-corrected chi connectivity index (χ1v) is 12.2. The van der Waals surface area contributed by atoms with E-state index in [-0.39, 0.29) is 40.3 Å². The summed E-state index contributed by atoms with van der Waals surface area (Å²) >= 11 is 1.10. The first-order valence-electron chi connectivity index (χ1n) is 11.3. The highest BCUT2D eigenvalue weighted by Gasteiger charge is 2.38. The van der Waals surface area contributed by atoms with Crippen molar-refractivity contribution in [1.82, 2.24) is 4.57 Å². The van der Waals surface area contributed by atoms with Crippen LogP contribution in [0.4, 0.5) is 5.69 Å². The lowest BCUT2D eigenvalue weighted by Crippen LogP contribution is -2.43. The van der Waals surface area contributed by atoms with E-state index in [1.54, 1.807) is 39.0 Å². The molecule has 3 aromatic rings. The van der Waals surface area contributed by atoms with Crippen LogP contribution in [0.15, 0.2) is 60.7 Å². The third-order valence-electron chi connectivity index (χ3n) is 5.35. The maximum atomic E-state index is 13.9. The summed E-state index contributed by atoms with van der Waals surface area (Å²) in [6, 6.07) is 18.4. The Labute approximate surface area is 207 Å². The van der Waals surface area contributed by atoms with E-state index in [0.29, 0.717) is 10.8 Å². The number of aromatic nitrogens is 1. The summed E-state index contributed by atoms with van der Waals surface area (Å²) in [4.78, 5) is 40.4. The summed E-state index contributed by atoms with van der Waals surface area (Å²) in [6.45, 7) is 5.28. The van der Waals surface area contributed by atoms with Gasteiger partial charge >= 0.3 is 11.9 Å². The molecule has 0 spiro atoms. The van der Waals surface area contributed by atoms with Gasteiger partial charge in [0.1, 0.15) is 10.2 Å². The number of carbonyl (C=O) groups excluding carboxylic acids is 3. The number of thioether (sulfide) groups is 1. The molecule has 0 bridgehead atoms. The Kier molecular flexibility index (Phi) is 7.12. The van der Waals surface area contributed by atoms with E-state index in [0.717, 1.165) is 17.3 Å². The number of hydrogen-bond acceptors (Lipinski definition) is 7. The molecule has 1 aliphatic rings. The number of ether oxygens (including phenoxy) is 2. The number of nitrogens with two attached hydrogens (primary N) is 1. The van der Waals surface area contributed by atoms with Crippen LogP contribution < -0.4 is 16.3 Å². The van der Waals surface area contributed by atoms with Gasteiger partial charge in [0.25, 0.3) is 0 Å². The molecule has 2 N–H and O–H groups in total. The Hall–Kier alpha value is -3.78. The molecule has 4 rings (SSSR count). The van der Waals surface area contributed by atoms with Crippen LogP contribution in [-0.2, 0) is 14.3 Å². The van der Waals surface area contributed by atoms with Crippen molar-refractivity contribution >= 4 is 46.3 Å². The molecule has 1 atom stereocenters. The Morgan fingerprint density at radius 2 is 1.69 bits per heavy atom. The maximum Gasteiger partial charge on any atom is 0.357 e. The summed E-state index contributed by atoms with van der Waals surface area (Å²) in [5.74, 6) is -1.71. The van der Waals surface area contributed by atoms with Gasteiger partial charge in [-0.15, -0.1) is 0 Å². The van der Waals surface area contributed by atoms with Crippen molar-refractivity contribution in [3.63, 3.8) is 0 Å². The predicted octanol–water partition coefficient (Wildman–Crippen LogP) is 3.26. The minimum absolute atomic E-state index is 0.0693. The second-order valence-corrected chi connectivity index (χ2v) is 9.28. The number of rotatable bonds is 6. The third kappa shape index (κ3) is 4.74. The Morgan fingerprint density at radius 1 is 1.06 bits per heavy atom. The molecule has 7 nitrogen and oxygen atoms in total. The van der Waals surface area contributed by atoms with Crippen molar-refractivity contribution < 1.29 is 23.9 Å². The van der Waals surface area contributed by atoms with Gasteiger partial charge in [-0.05, 0) is 38.0 Å². The summed E-state index contributed by atoms with van der Waals surface area (Å²) in [5, 5.41) is -0.146. The molecule has 0 unspecified atom stereocenters. The molecule has 0 fully saturated rings. The standard InChI is InChI=1S/C27H26N2O5S/c1-4-33-26(31)22-20(28)19(15-17-11-7-5-8-12-17)21-24(27(32)34-16(2)3)35-23(25(30)29(21)22)18-13-9-6-10-14-18/h5-16,23H,4,28H2,1-3H3/b19-15+/t23-/m0/s1. The topological polar surface area (TPSA) is 101 Å². The summed E-state index contributed by atoms with van der Waals surface area (Å²) in [7, 11) is 0. The van der Waals surface area contributed by atoms with Gasteiger partial charge in [0, 0.05) is 5.22 Å². The fraction of sp³-hybridized carbons (Fsp3) is 0.222. The molecular formula is C27H26N2O5S. The molecule has 2 aromatic carbocycles. The fourth-order valence-corrected chi connectivity index (χ4v) is 5.10. The van der Waals surface area contributed by atoms with Crippen LogP contribution in [0.3, 0.4) is 0 Å². The second kappa shape index (κ2) is 10.2. The highest BCUT2D eigenvalue weighted by Crippen LogP contribution is 2.39. The van der Waals surface area contributed by atoms with Crippen LogP contribution in [0.1, 0.15) is 52.4 Å². The number of benzene rings is 2. The molecular weight excluding hydrogens is 464 g/mol. The van der Waals surface area contributed by atoms with Gasteiger partial charge in [-0.2, -0.15) is 0 Å². The number of anilines is 1. The number of esters is 2. The molecule has 180 valence electrons. The summed E-state index contributed by atoms with van der Waals surface area (Å²) in [6.07, 6.45) is 1.37. The largest absolute Gasteiger partial charge is 0.461 e. The molecule has 0 amide bonds. The average molecular weight is 491 g/mol. The highest BCUT2D eigenvalue weighted by atomic mass is 32.2. The van der Waals surface area contributed by atoms with Crippen LogP contribution in [0.5, 0.6) is 0 Å². The summed E-state index contributed by atoms with van der Waals surface area (Å²) in [5.41, 5.74) is 7.96. The quantitative estimate of drug-likeness (QED) is 0.529. The third-order valence-corrected chi connectivity index (χ3v) is 6.66. The van der Waals surface area contributed by atoms with Crippen molar-refractivity contribution in [2.24, 2.45) is 0 Å². The van der Waals surface area contributed by atoms with Gasteiger partial charge in [-0.1, -0.05) is 72.4 Å². The molecule has 0 saturated heterocycles. The fourth-order valence-electron chi connectivity index (χ4n) is 3.91. The van der Waals surface area contributed by atoms with Gasteiger partial charge in [0.15, 0.2) is 5.69 Å². The normalized spacial score (nSPS) is 15.8. The van der Waals surface area contributed by atoms with E-state index in [1.807, 2.05) is 48.5 Å². The van der Waals surface area contributed by atoms with E-state index in [9.17, 15) is 14.4 Å². The van der Waals surface area contributed by atoms with Crippen LogP contribution in [0.25, 0.3) is 11.0 Å². The van der Waals surface area contributed by atoms with Crippen molar-refractivity contribution in [3.05, 3.63) is 88.1 Å². The van der Waals surface area contributed by atoms with Crippen molar-refractivity contribution in [1.29, 1.82) is 0 Å². The lowest BCUT2D eigenvalue weighted by Gasteiger charge is -2.24. The zero-order valence-corrected chi connectivity index (χ0v) is 20.5. The SMILES string of the molecule is CCOC(=O)c1c(N)/c(=C\c2ccccc2)c2n1C(=O)[C@H](c1ccccc1)SC=2C(=O)OC(C)C. The van der Waals surface area contributed by atoms with Crippen molar-refractivity contribution in [3.8, 4) is 0 Å². The monoisotopic (exact) mass is 490 g/mol. The van der Waals surface area contributed by atoms with Gasteiger partial charge in [-0.25, -0.2) is 9.59 Å². The molecule has 0 saturated carbocycles. The molecule has 1 aromatic heterocycles. The number of fused-ring (bicyclic) bond motifs is 1. The van der Waals surface area contributed by atoms with E-state index in [1.165, 1.54) is 4.57 Å². The smallest absolute Gasteiger partial charge is 0.357 e. The van der Waals surface area contributed by atoms with Crippen LogP contribution in [0.2, 0.25) is 0 Å². The molecule has 0 radical (unpaired) electrons. The molecule has 2 heterocycles. The highest BCUT2D eigenvalue weighted by molar-refractivity contribution is 8.10. The Bertz CT molecular complexity index is 1390.